The molecule has 0 bridgehead atoms. The van der Waals surface area contributed by atoms with Gasteiger partial charge in [-0.2, -0.15) is 0 Å². The smallest absolute Gasteiger partial charge is 0.270 e. The molecule has 138 valence electrons. The summed E-state index contributed by atoms with van der Waals surface area (Å²) in [6.07, 6.45) is 0. The highest BCUT2D eigenvalue weighted by molar-refractivity contribution is 6.30. The molecular weight excluding hydrogens is 360 g/mol. The van der Waals surface area contributed by atoms with E-state index < -0.39 is 4.92 Å². The molecule has 0 spiro atoms. The predicted octanol–water partition coefficient (Wildman–Crippen LogP) is 3.63. The van der Waals surface area contributed by atoms with Crippen molar-refractivity contribution in [3.05, 3.63) is 62.7 Å². The first-order valence-corrected chi connectivity index (χ1v) is 8.48. The molecule has 0 radical (unpaired) electrons. The molecule has 8 heteroatoms. The van der Waals surface area contributed by atoms with Crippen molar-refractivity contribution < 1.29 is 19.1 Å². The number of fused-ring (bicyclic) bond motifs is 1. The topological polar surface area (TPSA) is 74.1 Å². The highest BCUT2D eigenvalue weighted by Crippen LogP contribution is 2.33. The van der Waals surface area contributed by atoms with Gasteiger partial charge in [-0.15, -0.1) is 0 Å². The minimum Gasteiger partial charge on any atom is -0.492 e. The summed E-state index contributed by atoms with van der Waals surface area (Å²) >= 11 is 5.93. The van der Waals surface area contributed by atoms with Crippen LogP contribution in [-0.2, 0) is 17.9 Å². The van der Waals surface area contributed by atoms with Crippen LogP contribution in [-0.4, -0.2) is 36.8 Å². The molecule has 0 fully saturated rings. The number of rotatable bonds is 7. The van der Waals surface area contributed by atoms with Crippen LogP contribution < -0.4 is 9.47 Å². The Morgan fingerprint density at radius 3 is 2.96 bits per heavy atom. The minimum absolute atomic E-state index is 0.0384. The summed E-state index contributed by atoms with van der Waals surface area (Å²) in [6, 6.07) is 10.3. The number of nitrogens with zero attached hydrogens (tertiary/aromatic N) is 2. The van der Waals surface area contributed by atoms with E-state index in [1.54, 1.807) is 18.2 Å². The van der Waals surface area contributed by atoms with E-state index in [4.69, 9.17) is 25.8 Å². The van der Waals surface area contributed by atoms with Gasteiger partial charge in [0.1, 0.15) is 18.1 Å². The zero-order valence-corrected chi connectivity index (χ0v) is 15.1. The Balaban J connectivity index is 1.64. The van der Waals surface area contributed by atoms with Gasteiger partial charge >= 0.3 is 0 Å². The molecule has 2 aromatic rings. The third-order valence-corrected chi connectivity index (χ3v) is 4.20. The molecule has 1 aliphatic rings. The van der Waals surface area contributed by atoms with E-state index in [0.717, 1.165) is 5.56 Å². The summed E-state index contributed by atoms with van der Waals surface area (Å²) in [4.78, 5) is 12.8. The van der Waals surface area contributed by atoms with Gasteiger partial charge in [-0.3, -0.25) is 15.0 Å². The lowest BCUT2D eigenvalue weighted by molar-refractivity contribution is -0.385. The highest BCUT2D eigenvalue weighted by atomic mass is 35.5. The van der Waals surface area contributed by atoms with Crippen LogP contribution >= 0.6 is 11.6 Å². The molecule has 0 atom stereocenters. The van der Waals surface area contributed by atoms with E-state index in [9.17, 15) is 10.1 Å². The van der Waals surface area contributed by atoms with Crippen LogP contribution in [0.15, 0.2) is 36.4 Å². The standard InChI is InChI=1S/C18H19ClN2O5/c1-20(5-6-25-17-4-2-3-15(19)9-17)10-13-7-16(21(22)23)8-14-11-24-12-26-18(13)14/h2-4,7-9H,5-6,10-12H2,1H3. The Morgan fingerprint density at radius 1 is 1.35 bits per heavy atom. The normalized spacial score (nSPS) is 13.2. The summed E-state index contributed by atoms with van der Waals surface area (Å²) in [5, 5.41) is 11.8. The van der Waals surface area contributed by atoms with E-state index in [-0.39, 0.29) is 12.5 Å². The number of likely N-dealkylation sites (N-methyl/N-ethyl adjacent to an activating group) is 1. The first kappa shape index (κ1) is 18.4. The van der Waals surface area contributed by atoms with Crippen molar-refractivity contribution in [3.8, 4) is 11.5 Å². The molecule has 0 amide bonds. The first-order chi connectivity index (χ1) is 12.5. The second-order valence-corrected chi connectivity index (χ2v) is 6.44. The largest absolute Gasteiger partial charge is 0.492 e. The molecule has 0 aliphatic carbocycles. The molecule has 2 aromatic carbocycles. The molecule has 1 heterocycles. The SMILES string of the molecule is CN(CCOc1cccc(Cl)c1)Cc1cc([N+](=O)[O-])cc2c1OCOC2. The molecule has 7 nitrogen and oxygen atoms in total. The van der Waals surface area contributed by atoms with E-state index in [0.29, 0.717) is 48.4 Å². The zero-order chi connectivity index (χ0) is 18.5. The Labute approximate surface area is 156 Å². The number of nitro groups is 1. The van der Waals surface area contributed by atoms with Gasteiger partial charge in [0.25, 0.3) is 5.69 Å². The molecular formula is C18H19ClN2O5. The van der Waals surface area contributed by atoms with Crippen LogP contribution in [0.1, 0.15) is 11.1 Å². The lowest BCUT2D eigenvalue weighted by Gasteiger charge is -2.23. The van der Waals surface area contributed by atoms with Gasteiger partial charge in [-0.05, 0) is 25.2 Å². The molecule has 0 saturated carbocycles. The molecule has 0 N–H and O–H groups in total. The lowest BCUT2D eigenvalue weighted by Crippen LogP contribution is -2.25. The summed E-state index contributed by atoms with van der Waals surface area (Å²) in [7, 11) is 1.92. The van der Waals surface area contributed by atoms with Crippen molar-refractivity contribution in [2.75, 3.05) is 27.0 Å². The monoisotopic (exact) mass is 378 g/mol. The average Bonchev–Trinajstić information content (AvgIpc) is 2.61. The quantitative estimate of drug-likeness (QED) is 0.541. The fourth-order valence-electron chi connectivity index (χ4n) is 2.75. The van der Waals surface area contributed by atoms with Gasteiger partial charge in [0.15, 0.2) is 6.79 Å². The van der Waals surface area contributed by atoms with E-state index in [2.05, 4.69) is 0 Å². The van der Waals surface area contributed by atoms with E-state index in [1.165, 1.54) is 6.07 Å². The van der Waals surface area contributed by atoms with Crippen LogP contribution in [0, 0.1) is 10.1 Å². The maximum absolute atomic E-state index is 11.2. The zero-order valence-electron chi connectivity index (χ0n) is 14.3. The third kappa shape index (κ3) is 4.63. The first-order valence-electron chi connectivity index (χ1n) is 8.10. The number of nitro benzene ring substituents is 1. The molecule has 1 aliphatic heterocycles. The average molecular weight is 379 g/mol. The van der Waals surface area contributed by atoms with E-state index >= 15 is 0 Å². The number of hydrogen-bond acceptors (Lipinski definition) is 6. The third-order valence-electron chi connectivity index (χ3n) is 3.96. The van der Waals surface area contributed by atoms with Crippen molar-refractivity contribution in [3.63, 3.8) is 0 Å². The minimum atomic E-state index is -0.402. The second kappa shape index (κ2) is 8.35. The lowest BCUT2D eigenvalue weighted by atomic mass is 10.1. The van der Waals surface area contributed by atoms with Crippen molar-refractivity contribution in [1.82, 2.24) is 4.90 Å². The van der Waals surface area contributed by atoms with Crippen LogP contribution in [0.5, 0.6) is 11.5 Å². The van der Waals surface area contributed by atoms with Crippen molar-refractivity contribution >= 4 is 17.3 Å². The van der Waals surface area contributed by atoms with Crippen molar-refractivity contribution in [1.29, 1.82) is 0 Å². The molecule has 0 saturated heterocycles. The fourth-order valence-corrected chi connectivity index (χ4v) is 2.93. The van der Waals surface area contributed by atoms with Crippen molar-refractivity contribution in [2.24, 2.45) is 0 Å². The summed E-state index contributed by atoms with van der Waals surface area (Å²) in [6.45, 7) is 2.08. The Bertz CT molecular complexity index is 799. The maximum atomic E-state index is 11.2. The van der Waals surface area contributed by atoms with Crippen LogP contribution in [0.25, 0.3) is 0 Å². The number of ether oxygens (including phenoxy) is 3. The molecule has 0 aromatic heterocycles. The number of halogens is 1. The maximum Gasteiger partial charge on any atom is 0.270 e. The van der Waals surface area contributed by atoms with Gasteiger partial charge in [0, 0.05) is 41.4 Å². The molecule has 3 rings (SSSR count). The van der Waals surface area contributed by atoms with Gasteiger partial charge < -0.3 is 14.2 Å². The van der Waals surface area contributed by atoms with Gasteiger partial charge in [0.05, 0.1) is 11.5 Å². The van der Waals surface area contributed by atoms with Gasteiger partial charge in [-0.25, -0.2) is 0 Å². The molecule has 26 heavy (non-hydrogen) atoms. The summed E-state index contributed by atoms with van der Waals surface area (Å²) < 4.78 is 16.5. The van der Waals surface area contributed by atoms with Gasteiger partial charge in [0.2, 0.25) is 0 Å². The van der Waals surface area contributed by atoms with Crippen LogP contribution in [0.2, 0.25) is 5.02 Å². The van der Waals surface area contributed by atoms with Gasteiger partial charge in [-0.1, -0.05) is 17.7 Å². The molecule has 0 unspecified atom stereocenters. The van der Waals surface area contributed by atoms with Crippen molar-refractivity contribution in [2.45, 2.75) is 13.2 Å². The Morgan fingerprint density at radius 2 is 2.19 bits per heavy atom. The van der Waals surface area contributed by atoms with Crippen LogP contribution in [0.4, 0.5) is 5.69 Å². The fraction of sp³-hybridized carbons (Fsp3) is 0.333. The number of hydrogen-bond donors (Lipinski definition) is 0. The number of non-ortho nitro benzene ring substituents is 1. The van der Waals surface area contributed by atoms with Crippen LogP contribution in [0.3, 0.4) is 0 Å². The Kier molecular flexibility index (Phi) is 5.92. The summed E-state index contributed by atoms with van der Waals surface area (Å²) in [5.74, 6) is 1.38. The predicted molar refractivity (Wildman–Crippen MR) is 96.7 cm³/mol. The Hall–Kier alpha value is -2.35. The summed E-state index contributed by atoms with van der Waals surface area (Å²) in [5.41, 5.74) is 1.50. The number of benzene rings is 2. The van der Waals surface area contributed by atoms with E-state index in [1.807, 2.05) is 24.1 Å². The second-order valence-electron chi connectivity index (χ2n) is 6.00. The highest BCUT2D eigenvalue weighted by Gasteiger charge is 2.21.